The Morgan fingerprint density at radius 2 is 1.69 bits per heavy atom. The summed E-state index contributed by atoms with van der Waals surface area (Å²) in [6, 6.07) is 17.5. The predicted molar refractivity (Wildman–Crippen MR) is 102 cm³/mol. The van der Waals surface area contributed by atoms with Gasteiger partial charge in [-0.2, -0.15) is 0 Å². The second-order valence-corrected chi connectivity index (χ2v) is 5.75. The molecule has 0 atom stereocenters. The third kappa shape index (κ3) is 4.66. The molecular weight excluding hydrogens is 326 g/mol. The molecule has 0 aliphatic carbocycles. The minimum absolute atomic E-state index is 0.0765. The van der Waals surface area contributed by atoms with E-state index in [4.69, 9.17) is 4.74 Å². The summed E-state index contributed by atoms with van der Waals surface area (Å²) in [4.78, 5) is 20.8. The molecule has 5 heteroatoms. The zero-order valence-electron chi connectivity index (χ0n) is 14.7. The van der Waals surface area contributed by atoms with Gasteiger partial charge in [0.15, 0.2) is 5.82 Å². The fraction of sp³-hybridized carbons (Fsp3) is 0.190. The quantitative estimate of drug-likeness (QED) is 0.698. The van der Waals surface area contributed by atoms with E-state index in [1.54, 1.807) is 12.4 Å². The third-order valence-corrected chi connectivity index (χ3v) is 3.86. The molecule has 0 fully saturated rings. The van der Waals surface area contributed by atoms with E-state index < -0.39 is 0 Å². The second-order valence-electron chi connectivity index (χ2n) is 5.75. The van der Waals surface area contributed by atoms with Crippen LogP contribution in [0.1, 0.15) is 18.9 Å². The van der Waals surface area contributed by atoms with Gasteiger partial charge in [0, 0.05) is 12.0 Å². The summed E-state index contributed by atoms with van der Waals surface area (Å²) in [5.41, 5.74) is 2.56. The molecule has 26 heavy (non-hydrogen) atoms. The number of hydrogen-bond donors (Lipinski definition) is 1. The molecule has 1 heterocycles. The molecule has 0 bridgehead atoms. The Balaban J connectivity index is 1.57. The molecule has 3 rings (SSSR count). The lowest BCUT2D eigenvalue weighted by Crippen LogP contribution is -2.13. The number of amides is 1. The van der Waals surface area contributed by atoms with Crippen molar-refractivity contribution in [3.05, 3.63) is 72.6 Å². The summed E-state index contributed by atoms with van der Waals surface area (Å²) in [7, 11) is 0. The molecule has 3 aromatic rings. The zero-order chi connectivity index (χ0) is 18.2. The van der Waals surface area contributed by atoms with Crippen molar-refractivity contribution in [2.75, 3.05) is 11.9 Å². The highest BCUT2D eigenvalue weighted by molar-refractivity contribution is 5.90. The summed E-state index contributed by atoms with van der Waals surface area (Å²) in [6.45, 7) is 2.55. The lowest BCUT2D eigenvalue weighted by Gasteiger charge is -2.10. The van der Waals surface area contributed by atoms with Gasteiger partial charge in [0.05, 0.1) is 24.7 Å². The van der Waals surface area contributed by atoms with Crippen molar-refractivity contribution in [3.8, 4) is 17.1 Å². The van der Waals surface area contributed by atoms with E-state index in [2.05, 4.69) is 15.3 Å². The Hall–Kier alpha value is -3.21. The average Bonchev–Trinajstić information content (AvgIpc) is 2.69. The van der Waals surface area contributed by atoms with E-state index >= 15 is 0 Å². The lowest BCUT2D eigenvalue weighted by molar-refractivity contribution is -0.116. The van der Waals surface area contributed by atoms with Crippen LogP contribution in [0.25, 0.3) is 11.4 Å². The van der Waals surface area contributed by atoms with Gasteiger partial charge in [0.1, 0.15) is 5.75 Å². The molecule has 0 saturated carbocycles. The van der Waals surface area contributed by atoms with Gasteiger partial charge in [-0.25, -0.2) is 9.97 Å². The standard InChI is InChI=1S/C21H21N3O2/c1-2-26-19-11-7-6-8-16(19)12-13-20(25)24-18-14-22-21(23-15-18)17-9-4-3-5-10-17/h3-11,14-15H,2,12-13H2,1H3,(H,24,25). The van der Waals surface area contributed by atoms with Crippen molar-refractivity contribution in [2.24, 2.45) is 0 Å². The summed E-state index contributed by atoms with van der Waals surface area (Å²) in [6.07, 6.45) is 4.23. The number of para-hydroxylation sites is 1. The van der Waals surface area contributed by atoms with Crippen LogP contribution in [0.4, 0.5) is 5.69 Å². The van der Waals surface area contributed by atoms with E-state index in [-0.39, 0.29) is 5.91 Å². The number of nitrogens with one attached hydrogen (secondary N) is 1. The Labute approximate surface area is 153 Å². The lowest BCUT2D eigenvalue weighted by atomic mass is 10.1. The normalized spacial score (nSPS) is 10.3. The number of aromatic nitrogens is 2. The summed E-state index contributed by atoms with van der Waals surface area (Å²) in [5, 5.41) is 2.84. The number of nitrogens with zero attached hydrogens (tertiary/aromatic N) is 2. The first-order valence-electron chi connectivity index (χ1n) is 8.64. The zero-order valence-corrected chi connectivity index (χ0v) is 14.7. The molecule has 5 nitrogen and oxygen atoms in total. The molecule has 1 aromatic heterocycles. The van der Waals surface area contributed by atoms with Crippen LogP contribution in [0, 0.1) is 0 Å². The fourth-order valence-electron chi connectivity index (χ4n) is 2.61. The summed E-state index contributed by atoms with van der Waals surface area (Å²) >= 11 is 0. The van der Waals surface area contributed by atoms with E-state index in [0.29, 0.717) is 31.0 Å². The number of hydrogen-bond acceptors (Lipinski definition) is 4. The van der Waals surface area contributed by atoms with Crippen LogP contribution in [0.15, 0.2) is 67.0 Å². The van der Waals surface area contributed by atoms with Crippen LogP contribution in [0.5, 0.6) is 5.75 Å². The highest BCUT2D eigenvalue weighted by Crippen LogP contribution is 2.20. The van der Waals surface area contributed by atoms with E-state index in [1.165, 1.54) is 0 Å². The summed E-state index contributed by atoms with van der Waals surface area (Å²) in [5.74, 6) is 1.39. The van der Waals surface area contributed by atoms with Crippen molar-refractivity contribution >= 4 is 11.6 Å². The average molecular weight is 347 g/mol. The van der Waals surface area contributed by atoms with Gasteiger partial charge in [-0.1, -0.05) is 48.5 Å². The maximum absolute atomic E-state index is 12.2. The number of aryl methyl sites for hydroxylation is 1. The first-order valence-corrected chi connectivity index (χ1v) is 8.64. The number of ether oxygens (including phenoxy) is 1. The van der Waals surface area contributed by atoms with Crippen molar-refractivity contribution in [3.63, 3.8) is 0 Å². The first kappa shape index (κ1) is 17.6. The number of rotatable bonds is 7. The van der Waals surface area contributed by atoms with Gasteiger partial charge in [-0.3, -0.25) is 4.79 Å². The Kier molecular flexibility index (Phi) is 5.93. The van der Waals surface area contributed by atoms with Crippen LogP contribution in [0.2, 0.25) is 0 Å². The van der Waals surface area contributed by atoms with Crippen molar-refractivity contribution in [1.29, 1.82) is 0 Å². The van der Waals surface area contributed by atoms with Gasteiger partial charge in [-0.15, -0.1) is 0 Å². The molecule has 0 saturated heterocycles. The Bertz CT molecular complexity index is 849. The molecule has 0 radical (unpaired) electrons. The second kappa shape index (κ2) is 8.76. The first-order chi connectivity index (χ1) is 12.8. The van der Waals surface area contributed by atoms with Gasteiger partial charge in [0.2, 0.25) is 5.91 Å². The fourth-order valence-corrected chi connectivity index (χ4v) is 2.61. The van der Waals surface area contributed by atoms with Gasteiger partial charge < -0.3 is 10.1 Å². The topological polar surface area (TPSA) is 64.1 Å². The molecule has 1 amide bonds. The number of carbonyl (C=O) groups is 1. The van der Waals surface area contributed by atoms with E-state index in [1.807, 2.05) is 61.5 Å². The smallest absolute Gasteiger partial charge is 0.224 e. The molecule has 132 valence electrons. The van der Waals surface area contributed by atoms with Gasteiger partial charge in [-0.05, 0) is 25.0 Å². The molecular formula is C21H21N3O2. The van der Waals surface area contributed by atoms with E-state index in [0.717, 1.165) is 16.9 Å². The molecule has 0 aliphatic rings. The van der Waals surface area contributed by atoms with Crippen molar-refractivity contribution < 1.29 is 9.53 Å². The minimum atomic E-state index is -0.0765. The van der Waals surface area contributed by atoms with Gasteiger partial charge in [0.25, 0.3) is 0 Å². The predicted octanol–water partition coefficient (Wildman–Crippen LogP) is 4.11. The Morgan fingerprint density at radius 1 is 1.00 bits per heavy atom. The maximum atomic E-state index is 12.2. The van der Waals surface area contributed by atoms with E-state index in [9.17, 15) is 4.79 Å². The molecule has 2 aromatic carbocycles. The number of anilines is 1. The van der Waals surface area contributed by atoms with Crippen LogP contribution in [0.3, 0.4) is 0 Å². The largest absolute Gasteiger partial charge is 0.494 e. The number of benzene rings is 2. The van der Waals surface area contributed by atoms with Crippen molar-refractivity contribution in [1.82, 2.24) is 9.97 Å². The van der Waals surface area contributed by atoms with Crippen LogP contribution < -0.4 is 10.1 Å². The highest BCUT2D eigenvalue weighted by Gasteiger charge is 2.08. The Morgan fingerprint density at radius 3 is 2.42 bits per heavy atom. The SMILES string of the molecule is CCOc1ccccc1CCC(=O)Nc1cnc(-c2ccccc2)nc1. The highest BCUT2D eigenvalue weighted by atomic mass is 16.5. The third-order valence-electron chi connectivity index (χ3n) is 3.86. The minimum Gasteiger partial charge on any atom is -0.494 e. The monoisotopic (exact) mass is 347 g/mol. The molecule has 0 spiro atoms. The van der Waals surface area contributed by atoms with Crippen LogP contribution in [-0.4, -0.2) is 22.5 Å². The molecule has 0 aliphatic heterocycles. The maximum Gasteiger partial charge on any atom is 0.224 e. The summed E-state index contributed by atoms with van der Waals surface area (Å²) < 4.78 is 5.59. The number of carbonyl (C=O) groups excluding carboxylic acids is 1. The molecule has 0 unspecified atom stereocenters. The van der Waals surface area contributed by atoms with Crippen molar-refractivity contribution in [2.45, 2.75) is 19.8 Å². The van der Waals surface area contributed by atoms with Crippen LogP contribution >= 0.6 is 0 Å². The molecule has 1 N–H and O–H groups in total. The van der Waals surface area contributed by atoms with Gasteiger partial charge >= 0.3 is 0 Å². The van der Waals surface area contributed by atoms with Crippen LogP contribution in [-0.2, 0) is 11.2 Å².